The van der Waals surface area contributed by atoms with Gasteiger partial charge in [0, 0.05) is 0 Å². The zero-order valence-electron chi connectivity index (χ0n) is 8.02. The van der Waals surface area contributed by atoms with Crippen LogP contribution in [0.15, 0.2) is 0 Å². The molecule has 0 spiro atoms. The van der Waals surface area contributed by atoms with Crippen LogP contribution in [0.1, 0.15) is 41.5 Å². The van der Waals surface area contributed by atoms with Crippen LogP contribution >= 0.6 is 0 Å². The van der Waals surface area contributed by atoms with E-state index in [2.05, 4.69) is 20.8 Å². The molecule has 1 atom stereocenters. The first-order valence-electron chi connectivity index (χ1n) is 3.92. The third-order valence-electron chi connectivity index (χ3n) is 2.64. The maximum Gasteiger partial charge on any atom is 0.0690 e. The molecule has 0 rings (SSSR count). The summed E-state index contributed by atoms with van der Waals surface area (Å²) in [6.45, 7) is 12.2. The van der Waals surface area contributed by atoms with Crippen molar-refractivity contribution in [2.45, 2.75) is 47.1 Å². The number of rotatable bonds is 1. The zero-order valence-corrected chi connectivity index (χ0v) is 8.02. The van der Waals surface area contributed by atoms with E-state index in [0.29, 0.717) is 5.92 Å². The third kappa shape index (κ3) is 1.72. The van der Waals surface area contributed by atoms with E-state index in [1.165, 1.54) is 0 Å². The lowest BCUT2D eigenvalue weighted by atomic mass is 9.71. The molecule has 0 aliphatic heterocycles. The van der Waals surface area contributed by atoms with Gasteiger partial charge in [0.1, 0.15) is 0 Å². The van der Waals surface area contributed by atoms with Crippen molar-refractivity contribution in [3.05, 3.63) is 0 Å². The predicted octanol–water partition coefficient (Wildman–Crippen LogP) is 2.44. The minimum Gasteiger partial charge on any atom is -0.389 e. The highest BCUT2D eigenvalue weighted by atomic mass is 16.3. The summed E-state index contributed by atoms with van der Waals surface area (Å²) in [6.07, 6.45) is 0. The molecular formula is C9H20O. The van der Waals surface area contributed by atoms with Crippen LogP contribution in [0.3, 0.4) is 0 Å². The molecule has 0 heterocycles. The van der Waals surface area contributed by atoms with Crippen LogP contribution in [0.2, 0.25) is 0 Å². The van der Waals surface area contributed by atoms with Crippen molar-refractivity contribution < 1.29 is 5.11 Å². The maximum atomic E-state index is 9.93. The van der Waals surface area contributed by atoms with Crippen molar-refractivity contribution in [3.8, 4) is 0 Å². The van der Waals surface area contributed by atoms with Gasteiger partial charge in [0.25, 0.3) is 0 Å². The van der Waals surface area contributed by atoms with E-state index in [4.69, 9.17) is 0 Å². The Balaban J connectivity index is 4.40. The van der Waals surface area contributed by atoms with Gasteiger partial charge in [-0.25, -0.2) is 0 Å². The third-order valence-corrected chi connectivity index (χ3v) is 2.64. The molecule has 1 N–H and O–H groups in total. The highest BCUT2D eigenvalue weighted by Crippen LogP contribution is 2.35. The summed E-state index contributed by atoms with van der Waals surface area (Å²) in [4.78, 5) is 0. The van der Waals surface area contributed by atoms with Crippen molar-refractivity contribution in [1.82, 2.24) is 0 Å². The minimum absolute atomic E-state index is 0.0266. The van der Waals surface area contributed by atoms with Crippen LogP contribution in [0.4, 0.5) is 0 Å². The van der Waals surface area contributed by atoms with Crippen LogP contribution in [0.5, 0.6) is 0 Å². The van der Waals surface area contributed by atoms with E-state index in [1.807, 2.05) is 20.8 Å². The summed E-state index contributed by atoms with van der Waals surface area (Å²) < 4.78 is 0. The summed E-state index contributed by atoms with van der Waals surface area (Å²) in [5, 5.41) is 9.93. The van der Waals surface area contributed by atoms with Gasteiger partial charge in [0.2, 0.25) is 0 Å². The molecule has 0 aliphatic carbocycles. The van der Waals surface area contributed by atoms with Gasteiger partial charge in [-0.3, -0.25) is 0 Å². The Hall–Kier alpha value is -0.0400. The van der Waals surface area contributed by atoms with E-state index in [9.17, 15) is 5.11 Å². The Morgan fingerprint density at radius 1 is 1.00 bits per heavy atom. The molecule has 0 fully saturated rings. The van der Waals surface area contributed by atoms with Gasteiger partial charge < -0.3 is 5.11 Å². The quantitative estimate of drug-likeness (QED) is 0.599. The average Bonchev–Trinajstić information content (AvgIpc) is 1.62. The first-order valence-corrected chi connectivity index (χ1v) is 3.92. The molecular weight excluding hydrogens is 124 g/mol. The fraction of sp³-hybridized carbons (Fsp3) is 1.00. The lowest BCUT2D eigenvalue weighted by Crippen LogP contribution is -2.44. The van der Waals surface area contributed by atoms with Crippen molar-refractivity contribution in [1.29, 1.82) is 0 Å². The Morgan fingerprint density at radius 3 is 1.30 bits per heavy atom. The predicted molar refractivity (Wildman–Crippen MR) is 44.9 cm³/mol. The van der Waals surface area contributed by atoms with E-state index < -0.39 is 5.60 Å². The minimum atomic E-state index is -0.562. The van der Waals surface area contributed by atoms with E-state index in [1.54, 1.807) is 0 Å². The average molecular weight is 144 g/mol. The Kier molecular flexibility index (Phi) is 2.53. The Bertz CT molecular complexity index is 106. The lowest BCUT2D eigenvalue weighted by Gasteiger charge is -2.40. The highest BCUT2D eigenvalue weighted by molar-refractivity contribution is 4.88. The second-order valence-electron chi connectivity index (χ2n) is 4.55. The normalized spacial score (nSPS) is 19.2. The van der Waals surface area contributed by atoms with Crippen LogP contribution < -0.4 is 0 Å². The molecule has 0 aromatic carbocycles. The molecule has 10 heavy (non-hydrogen) atoms. The van der Waals surface area contributed by atoms with E-state index in [0.717, 1.165) is 0 Å². The maximum absolute atomic E-state index is 9.93. The standard InChI is InChI=1S/C9H20O/c1-7(2)9(6,10)8(3,4)5/h7,10H,1-6H3/t9-/m1/s1. The summed E-state index contributed by atoms with van der Waals surface area (Å²) >= 11 is 0. The van der Waals surface area contributed by atoms with Crippen LogP contribution in [-0.2, 0) is 0 Å². The molecule has 62 valence electrons. The van der Waals surface area contributed by atoms with Gasteiger partial charge in [-0.05, 0) is 18.3 Å². The SMILES string of the molecule is CC(C)[C@@](C)(O)C(C)(C)C. The fourth-order valence-electron chi connectivity index (χ4n) is 0.866. The van der Waals surface area contributed by atoms with Crippen molar-refractivity contribution in [2.75, 3.05) is 0 Å². The van der Waals surface area contributed by atoms with Crippen LogP contribution in [-0.4, -0.2) is 10.7 Å². The van der Waals surface area contributed by atoms with Gasteiger partial charge in [-0.15, -0.1) is 0 Å². The van der Waals surface area contributed by atoms with Crippen molar-refractivity contribution in [3.63, 3.8) is 0 Å². The molecule has 0 aromatic heterocycles. The van der Waals surface area contributed by atoms with Crippen molar-refractivity contribution in [2.24, 2.45) is 11.3 Å². The Morgan fingerprint density at radius 2 is 1.30 bits per heavy atom. The second-order valence-corrected chi connectivity index (χ2v) is 4.55. The number of aliphatic hydroxyl groups is 1. The topological polar surface area (TPSA) is 20.2 Å². The molecule has 0 amide bonds. The molecule has 1 nitrogen and oxygen atoms in total. The molecule has 0 aliphatic rings. The molecule has 0 bridgehead atoms. The first kappa shape index (κ1) is 9.96. The summed E-state index contributed by atoms with van der Waals surface area (Å²) in [5.41, 5.74) is -0.589. The van der Waals surface area contributed by atoms with Gasteiger partial charge in [-0.2, -0.15) is 0 Å². The van der Waals surface area contributed by atoms with Crippen molar-refractivity contribution >= 4 is 0 Å². The lowest BCUT2D eigenvalue weighted by molar-refractivity contribution is -0.0782. The number of hydrogen-bond acceptors (Lipinski definition) is 1. The molecule has 0 saturated heterocycles. The molecule has 1 heteroatoms. The zero-order chi connectivity index (χ0) is 8.58. The van der Waals surface area contributed by atoms with Gasteiger partial charge >= 0.3 is 0 Å². The number of hydrogen-bond donors (Lipinski definition) is 1. The first-order chi connectivity index (χ1) is 4.19. The van der Waals surface area contributed by atoms with Gasteiger partial charge in [0.15, 0.2) is 0 Å². The van der Waals surface area contributed by atoms with Gasteiger partial charge in [-0.1, -0.05) is 34.6 Å². The second kappa shape index (κ2) is 2.54. The molecule has 0 saturated carbocycles. The van der Waals surface area contributed by atoms with E-state index in [-0.39, 0.29) is 5.41 Å². The summed E-state index contributed by atoms with van der Waals surface area (Å²) in [5.74, 6) is 0.312. The van der Waals surface area contributed by atoms with Crippen LogP contribution in [0.25, 0.3) is 0 Å². The van der Waals surface area contributed by atoms with Gasteiger partial charge in [0.05, 0.1) is 5.60 Å². The van der Waals surface area contributed by atoms with Crippen LogP contribution in [0, 0.1) is 11.3 Å². The highest BCUT2D eigenvalue weighted by Gasteiger charge is 2.37. The summed E-state index contributed by atoms with van der Waals surface area (Å²) in [7, 11) is 0. The molecule has 0 unspecified atom stereocenters. The smallest absolute Gasteiger partial charge is 0.0690 e. The molecule has 0 radical (unpaired) electrons. The largest absolute Gasteiger partial charge is 0.389 e. The van der Waals surface area contributed by atoms with E-state index >= 15 is 0 Å². The fourth-order valence-corrected chi connectivity index (χ4v) is 0.866. The summed E-state index contributed by atoms with van der Waals surface area (Å²) in [6, 6.07) is 0. The monoisotopic (exact) mass is 144 g/mol. The molecule has 0 aromatic rings. The Labute approximate surface area is 64.5 Å².